The number of hydrogen-bond acceptors (Lipinski definition) is 5. The van der Waals surface area contributed by atoms with Crippen molar-refractivity contribution in [1.29, 1.82) is 0 Å². The van der Waals surface area contributed by atoms with Crippen LogP contribution in [-0.4, -0.2) is 28.1 Å². The number of ether oxygens (including phenoxy) is 1. The van der Waals surface area contributed by atoms with Crippen molar-refractivity contribution in [2.75, 3.05) is 7.11 Å². The number of aromatic nitrogens is 3. The number of oxime groups is 1. The lowest BCUT2D eigenvalue weighted by Crippen LogP contribution is -2.22. The predicted molar refractivity (Wildman–Crippen MR) is 84.8 cm³/mol. The molecule has 0 bridgehead atoms. The molecule has 6 nitrogen and oxygen atoms in total. The van der Waals surface area contributed by atoms with Crippen LogP contribution in [0.25, 0.3) is 0 Å². The van der Waals surface area contributed by atoms with Gasteiger partial charge < -0.3 is 9.57 Å². The maximum absolute atomic E-state index is 6.08. The molecule has 0 spiro atoms. The van der Waals surface area contributed by atoms with E-state index in [4.69, 9.17) is 4.74 Å². The molecule has 0 saturated heterocycles. The van der Waals surface area contributed by atoms with E-state index in [1.807, 2.05) is 24.3 Å². The number of benzene rings is 1. The summed E-state index contributed by atoms with van der Waals surface area (Å²) in [5, 5.41) is 7.93. The van der Waals surface area contributed by atoms with Crippen molar-refractivity contribution in [2.24, 2.45) is 10.6 Å². The SMILES string of the molecule is CON=Cc1ccc(OC(CC(C)(C)C)n2cncn2)cc1. The first-order chi connectivity index (χ1) is 10.5. The van der Waals surface area contributed by atoms with E-state index in [1.165, 1.54) is 13.4 Å². The molecule has 1 atom stereocenters. The molecule has 0 aliphatic rings. The zero-order chi connectivity index (χ0) is 16.0. The van der Waals surface area contributed by atoms with Gasteiger partial charge in [0.1, 0.15) is 25.5 Å². The van der Waals surface area contributed by atoms with Crippen LogP contribution in [0.3, 0.4) is 0 Å². The van der Waals surface area contributed by atoms with Gasteiger partial charge in [0, 0.05) is 6.42 Å². The first kappa shape index (κ1) is 16.0. The summed E-state index contributed by atoms with van der Waals surface area (Å²) in [5.74, 6) is 0.777. The maximum atomic E-state index is 6.08. The Labute approximate surface area is 130 Å². The quantitative estimate of drug-likeness (QED) is 0.607. The van der Waals surface area contributed by atoms with Crippen molar-refractivity contribution in [3.05, 3.63) is 42.5 Å². The zero-order valence-corrected chi connectivity index (χ0v) is 13.4. The van der Waals surface area contributed by atoms with E-state index in [0.717, 1.165) is 17.7 Å². The molecule has 0 aliphatic carbocycles. The minimum absolute atomic E-state index is 0.113. The summed E-state index contributed by atoms with van der Waals surface area (Å²) in [4.78, 5) is 8.67. The molecular formula is C16H22N4O2. The van der Waals surface area contributed by atoms with Crippen LogP contribution >= 0.6 is 0 Å². The summed E-state index contributed by atoms with van der Waals surface area (Å²) >= 11 is 0. The van der Waals surface area contributed by atoms with Crippen molar-refractivity contribution in [1.82, 2.24) is 14.8 Å². The molecule has 22 heavy (non-hydrogen) atoms. The van der Waals surface area contributed by atoms with Crippen molar-refractivity contribution >= 4 is 6.21 Å². The number of rotatable bonds is 6. The molecule has 2 aromatic rings. The fourth-order valence-electron chi connectivity index (χ4n) is 1.98. The highest BCUT2D eigenvalue weighted by Gasteiger charge is 2.22. The lowest BCUT2D eigenvalue weighted by Gasteiger charge is -2.26. The van der Waals surface area contributed by atoms with Gasteiger partial charge in [0.05, 0.1) is 6.21 Å². The smallest absolute Gasteiger partial charge is 0.193 e. The van der Waals surface area contributed by atoms with Crippen LogP contribution in [-0.2, 0) is 4.84 Å². The molecule has 0 saturated carbocycles. The highest BCUT2D eigenvalue weighted by molar-refractivity contribution is 5.79. The lowest BCUT2D eigenvalue weighted by molar-refractivity contribution is 0.0716. The average molecular weight is 302 g/mol. The Morgan fingerprint density at radius 3 is 2.55 bits per heavy atom. The van der Waals surface area contributed by atoms with Gasteiger partial charge in [0.2, 0.25) is 0 Å². The van der Waals surface area contributed by atoms with Crippen molar-refractivity contribution in [2.45, 2.75) is 33.4 Å². The molecule has 1 heterocycles. The Bertz CT molecular complexity index is 586. The molecule has 1 aromatic heterocycles. The Morgan fingerprint density at radius 2 is 2.00 bits per heavy atom. The van der Waals surface area contributed by atoms with Crippen LogP contribution in [0, 0.1) is 5.41 Å². The predicted octanol–water partition coefficient (Wildman–Crippen LogP) is 3.27. The molecule has 1 aromatic carbocycles. The third kappa shape index (κ3) is 4.87. The Balaban J connectivity index is 2.11. The van der Waals surface area contributed by atoms with E-state index in [9.17, 15) is 0 Å². The zero-order valence-electron chi connectivity index (χ0n) is 13.4. The Hall–Kier alpha value is -2.37. The largest absolute Gasteiger partial charge is 0.469 e. The van der Waals surface area contributed by atoms with E-state index in [0.29, 0.717) is 0 Å². The van der Waals surface area contributed by atoms with E-state index in [1.54, 1.807) is 17.2 Å². The molecule has 1 unspecified atom stereocenters. The van der Waals surface area contributed by atoms with Gasteiger partial charge in [-0.3, -0.25) is 0 Å². The standard InChI is InChI=1S/C16H22N4O2/c1-16(2,3)9-15(20-12-17-11-18-20)22-14-7-5-13(6-8-14)10-19-21-4/h5-8,10-12,15H,9H2,1-4H3. The summed E-state index contributed by atoms with van der Waals surface area (Å²) in [6.45, 7) is 6.51. The molecule has 6 heteroatoms. The average Bonchev–Trinajstić information content (AvgIpc) is 2.98. The maximum Gasteiger partial charge on any atom is 0.193 e. The first-order valence-corrected chi connectivity index (χ1v) is 7.15. The molecule has 0 amide bonds. The van der Waals surface area contributed by atoms with Crippen LogP contribution in [0.1, 0.15) is 39.0 Å². The molecular weight excluding hydrogens is 280 g/mol. The molecule has 0 fully saturated rings. The second-order valence-electron chi connectivity index (χ2n) is 6.20. The van der Waals surface area contributed by atoms with Crippen molar-refractivity contribution < 1.29 is 9.57 Å². The van der Waals surface area contributed by atoms with Gasteiger partial charge in [-0.05, 0) is 35.2 Å². The van der Waals surface area contributed by atoms with E-state index < -0.39 is 0 Å². The third-order valence-electron chi connectivity index (χ3n) is 2.98. The van der Waals surface area contributed by atoms with Gasteiger partial charge in [-0.1, -0.05) is 25.9 Å². The molecule has 0 radical (unpaired) electrons. The van der Waals surface area contributed by atoms with Crippen molar-refractivity contribution in [3.63, 3.8) is 0 Å². The minimum atomic E-state index is -0.194. The summed E-state index contributed by atoms with van der Waals surface area (Å²) in [6.07, 6.45) is 5.47. The number of hydrogen-bond donors (Lipinski definition) is 0. The van der Waals surface area contributed by atoms with Gasteiger partial charge in [-0.2, -0.15) is 5.10 Å². The fraction of sp³-hybridized carbons (Fsp3) is 0.438. The monoisotopic (exact) mass is 302 g/mol. The van der Waals surface area contributed by atoms with Crippen LogP contribution in [0.4, 0.5) is 0 Å². The van der Waals surface area contributed by atoms with Crippen LogP contribution in [0.15, 0.2) is 42.1 Å². The lowest BCUT2D eigenvalue weighted by atomic mass is 9.91. The second-order valence-corrected chi connectivity index (χ2v) is 6.20. The normalized spacial score (nSPS) is 13.3. The van der Waals surface area contributed by atoms with Gasteiger partial charge in [0.25, 0.3) is 0 Å². The van der Waals surface area contributed by atoms with Gasteiger partial charge in [0.15, 0.2) is 6.23 Å². The Morgan fingerprint density at radius 1 is 1.27 bits per heavy atom. The fourth-order valence-corrected chi connectivity index (χ4v) is 1.98. The highest BCUT2D eigenvalue weighted by atomic mass is 16.6. The summed E-state index contributed by atoms with van der Waals surface area (Å²) in [7, 11) is 1.52. The highest BCUT2D eigenvalue weighted by Crippen LogP contribution is 2.29. The van der Waals surface area contributed by atoms with Crippen LogP contribution in [0.2, 0.25) is 0 Å². The summed E-state index contributed by atoms with van der Waals surface area (Å²) in [5.41, 5.74) is 1.06. The van der Waals surface area contributed by atoms with Gasteiger partial charge >= 0.3 is 0 Å². The van der Waals surface area contributed by atoms with Gasteiger partial charge in [-0.15, -0.1) is 0 Å². The molecule has 118 valence electrons. The topological polar surface area (TPSA) is 61.5 Å². The third-order valence-corrected chi connectivity index (χ3v) is 2.98. The van der Waals surface area contributed by atoms with E-state index in [2.05, 4.69) is 40.8 Å². The Kier molecular flexibility index (Phi) is 5.14. The summed E-state index contributed by atoms with van der Waals surface area (Å²) < 4.78 is 7.82. The van der Waals surface area contributed by atoms with E-state index in [-0.39, 0.29) is 11.6 Å². The first-order valence-electron chi connectivity index (χ1n) is 7.15. The van der Waals surface area contributed by atoms with Crippen molar-refractivity contribution in [3.8, 4) is 5.75 Å². The van der Waals surface area contributed by atoms with E-state index >= 15 is 0 Å². The summed E-state index contributed by atoms with van der Waals surface area (Å²) in [6, 6.07) is 7.66. The molecule has 0 N–H and O–H groups in total. The van der Waals surface area contributed by atoms with Crippen LogP contribution < -0.4 is 4.74 Å². The minimum Gasteiger partial charge on any atom is -0.469 e. The molecule has 0 aliphatic heterocycles. The van der Waals surface area contributed by atoms with Crippen LogP contribution in [0.5, 0.6) is 5.75 Å². The molecule has 2 rings (SSSR count). The van der Waals surface area contributed by atoms with Gasteiger partial charge in [-0.25, -0.2) is 9.67 Å². The number of nitrogens with zero attached hydrogens (tertiary/aromatic N) is 4. The second kappa shape index (κ2) is 7.06.